The summed E-state index contributed by atoms with van der Waals surface area (Å²) in [6.45, 7) is 23.2. The standard InChI is InChI=1S/C40H60/c1-31(19-13-21-33(3)25-27-37-35(5)23-15-29-39(37,7)8)17-11-12-18-32(2)20-14-22-34(4)26-28-38-36(6)24-16-30-40(38,9)10/h11-15,17-19,22-23,25-29,31-34,37H,16,20-21,24,30H2,1-10H3/b17-11+,18-12+,19-13+,22-14+,27-25+,28-26+. The van der Waals surface area contributed by atoms with Gasteiger partial charge in [0.1, 0.15) is 0 Å². The van der Waals surface area contributed by atoms with Gasteiger partial charge in [-0.05, 0) is 86.0 Å². The zero-order valence-electron chi connectivity index (χ0n) is 27.6. The van der Waals surface area contributed by atoms with Gasteiger partial charge in [-0.15, -0.1) is 0 Å². The van der Waals surface area contributed by atoms with Gasteiger partial charge in [-0.3, -0.25) is 0 Å². The second kappa shape index (κ2) is 16.2. The predicted octanol–water partition coefficient (Wildman–Crippen LogP) is 12.3. The van der Waals surface area contributed by atoms with Gasteiger partial charge in [0.05, 0.1) is 0 Å². The van der Waals surface area contributed by atoms with Crippen LogP contribution in [0, 0.1) is 40.4 Å². The molecule has 0 aromatic heterocycles. The minimum atomic E-state index is 0.199. The Kier molecular flexibility index (Phi) is 13.7. The number of allylic oxidation sites excluding steroid dienone is 18. The van der Waals surface area contributed by atoms with Crippen LogP contribution in [0.3, 0.4) is 0 Å². The van der Waals surface area contributed by atoms with E-state index < -0.39 is 0 Å². The monoisotopic (exact) mass is 540 g/mol. The first-order valence-corrected chi connectivity index (χ1v) is 15.9. The predicted molar refractivity (Wildman–Crippen MR) is 181 cm³/mol. The topological polar surface area (TPSA) is 0 Å². The summed E-state index contributed by atoms with van der Waals surface area (Å²) >= 11 is 0. The Bertz CT molecular complexity index is 1060. The third-order valence-corrected chi connectivity index (χ3v) is 8.78. The highest BCUT2D eigenvalue weighted by molar-refractivity contribution is 5.33. The number of rotatable bonds is 13. The highest BCUT2D eigenvalue weighted by Gasteiger charge is 2.28. The van der Waals surface area contributed by atoms with Gasteiger partial charge < -0.3 is 0 Å². The molecule has 0 saturated heterocycles. The van der Waals surface area contributed by atoms with Gasteiger partial charge in [-0.25, -0.2) is 0 Å². The van der Waals surface area contributed by atoms with Crippen molar-refractivity contribution >= 4 is 0 Å². The Balaban J connectivity index is 1.72. The quantitative estimate of drug-likeness (QED) is 0.161. The molecule has 2 aliphatic rings. The van der Waals surface area contributed by atoms with Gasteiger partial charge in [0.25, 0.3) is 0 Å². The van der Waals surface area contributed by atoms with Gasteiger partial charge in [0, 0.05) is 5.92 Å². The zero-order valence-corrected chi connectivity index (χ0v) is 27.6. The van der Waals surface area contributed by atoms with Crippen LogP contribution in [-0.2, 0) is 0 Å². The summed E-state index contributed by atoms with van der Waals surface area (Å²) in [7, 11) is 0. The summed E-state index contributed by atoms with van der Waals surface area (Å²) < 4.78 is 0. The lowest BCUT2D eigenvalue weighted by molar-refractivity contribution is 0.376. The molecule has 0 fully saturated rings. The molecule has 40 heavy (non-hydrogen) atoms. The second-order valence-electron chi connectivity index (χ2n) is 14.0. The van der Waals surface area contributed by atoms with Crippen molar-refractivity contribution in [2.75, 3.05) is 0 Å². The third kappa shape index (κ3) is 11.6. The molecule has 0 aliphatic heterocycles. The largest absolute Gasteiger partial charge is 0.0874 e. The van der Waals surface area contributed by atoms with E-state index in [2.05, 4.69) is 160 Å². The summed E-state index contributed by atoms with van der Waals surface area (Å²) in [5, 5.41) is 0. The molecule has 0 aromatic rings. The summed E-state index contributed by atoms with van der Waals surface area (Å²) in [5.74, 6) is 2.51. The van der Waals surface area contributed by atoms with Crippen molar-refractivity contribution < 1.29 is 0 Å². The first kappa shape index (κ1) is 33.9. The Morgan fingerprint density at radius 3 is 2.02 bits per heavy atom. The highest BCUT2D eigenvalue weighted by atomic mass is 14.3. The van der Waals surface area contributed by atoms with Crippen molar-refractivity contribution in [2.24, 2.45) is 40.4 Å². The van der Waals surface area contributed by atoms with Crippen LogP contribution in [-0.4, -0.2) is 0 Å². The third-order valence-electron chi connectivity index (χ3n) is 8.78. The van der Waals surface area contributed by atoms with Gasteiger partial charge >= 0.3 is 0 Å². The average molecular weight is 541 g/mol. The van der Waals surface area contributed by atoms with E-state index in [1.165, 1.54) is 24.8 Å². The van der Waals surface area contributed by atoms with Crippen molar-refractivity contribution in [1.82, 2.24) is 0 Å². The summed E-state index contributed by atoms with van der Waals surface area (Å²) in [4.78, 5) is 0. The normalized spacial score (nSPS) is 24.8. The molecule has 0 nitrogen and oxygen atoms in total. The molecule has 5 unspecified atom stereocenters. The fraction of sp³-hybridized carbons (Fsp3) is 0.550. The van der Waals surface area contributed by atoms with Crippen LogP contribution in [0.2, 0.25) is 0 Å². The Morgan fingerprint density at radius 1 is 0.800 bits per heavy atom. The Morgan fingerprint density at radius 2 is 1.40 bits per heavy atom. The molecule has 0 aromatic carbocycles. The molecule has 0 radical (unpaired) electrons. The minimum Gasteiger partial charge on any atom is -0.0874 e. The lowest BCUT2D eigenvalue weighted by Crippen LogP contribution is -2.23. The molecule has 2 aliphatic carbocycles. The SMILES string of the molecule is CC1=CC=CC(C)(C)C1/C=C/C(C)C/C=C/C(C)/C=C/C=C/C(C)C/C=C/C(C)/C=C/C1=C(C)CCCC1(C)C. The number of hydrogen-bond donors (Lipinski definition) is 0. The zero-order chi connectivity index (χ0) is 29.8. The van der Waals surface area contributed by atoms with Crippen LogP contribution < -0.4 is 0 Å². The van der Waals surface area contributed by atoms with E-state index >= 15 is 0 Å². The Hall–Kier alpha value is -2.34. The van der Waals surface area contributed by atoms with E-state index in [1.807, 2.05) is 0 Å². The molecule has 0 heterocycles. The van der Waals surface area contributed by atoms with E-state index in [4.69, 9.17) is 0 Å². The first-order chi connectivity index (χ1) is 18.8. The van der Waals surface area contributed by atoms with Crippen molar-refractivity contribution in [3.05, 3.63) is 108 Å². The molecule has 0 heteroatoms. The molecule has 0 spiro atoms. The summed E-state index contributed by atoms with van der Waals surface area (Å²) in [6.07, 6.45) is 40.9. The molecule has 0 bridgehead atoms. The maximum absolute atomic E-state index is 2.42. The Labute approximate surface area is 249 Å². The fourth-order valence-corrected chi connectivity index (χ4v) is 6.00. The van der Waals surface area contributed by atoms with E-state index in [0.717, 1.165) is 12.8 Å². The van der Waals surface area contributed by atoms with E-state index in [-0.39, 0.29) is 5.41 Å². The van der Waals surface area contributed by atoms with Crippen LogP contribution in [0.15, 0.2) is 108 Å². The van der Waals surface area contributed by atoms with Crippen LogP contribution in [0.25, 0.3) is 0 Å². The van der Waals surface area contributed by atoms with Gasteiger partial charge in [0.15, 0.2) is 0 Å². The molecular formula is C40H60. The van der Waals surface area contributed by atoms with Crippen LogP contribution in [0.5, 0.6) is 0 Å². The molecule has 0 N–H and O–H groups in total. The van der Waals surface area contributed by atoms with Crippen molar-refractivity contribution in [1.29, 1.82) is 0 Å². The van der Waals surface area contributed by atoms with Crippen LogP contribution in [0.4, 0.5) is 0 Å². The van der Waals surface area contributed by atoms with E-state index in [9.17, 15) is 0 Å². The van der Waals surface area contributed by atoms with Crippen molar-refractivity contribution in [3.8, 4) is 0 Å². The van der Waals surface area contributed by atoms with Crippen LogP contribution in [0.1, 0.15) is 101 Å². The molecule has 220 valence electrons. The maximum atomic E-state index is 2.42. The first-order valence-electron chi connectivity index (χ1n) is 15.9. The lowest BCUT2D eigenvalue weighted by atomic mass is 9.72. The highest BCUT2D eigenvalue weighted by Crippen LogP contribution is 2.41. The molecule has 5 atom stereocenters. The van der Waals surface area contributed by atoms with E-state index in [0.29, 0.717) is 35.0 Å². The van der Waals surface area contributed by atoms with Gasteiger partial charge in [-0.2, -0.15) is 0 Å². The maximum Gasteiger partial charge on any atom is 0.00631 e. The smallest absolute Gasteiger partial charge is 0.00631 e. The van der Waals surface area contributed by atoms with E-state index in [1.54, 1.807) is 11.1 Å². The molecule has 0 saturated carbocycles. The summed E-state index contributed by atoms with van der Waals surface area (Å²) in [5.41, 5.74) is 5.11. The fourth-order valence-electron chi connectivity index (χ4n) is 6.00. The molecule has 2 rings (SSSR count). The van der Waals surface area contributed by atoms with Gasteiger partial charge in [-0.1, -0.05) is 158 Å². The minimum absolute atomic E-state index is 0.199. The molecular weight excluding hydrogens is 480 g/mol. The summed E-state index contributed by atoms with van der Waals surface area (Å²) in [6, 6.07) is 0. The van der Waals surface area contributed by atoms with Crippen LogP contribution >= 0.6 is 0 Å². The van der Waals surface area contributed by atoms with Gasteiger partial charge in [0.2, 0.25) is 0 Å². The lowest BCUT2D eigenvalue weighted by Gasteiger charge is -2.33. The molecule has 0 amide bonds. The second-order valence-corrected chi connectivity index (χ2v) is 14.0. The van der Waals surface area contributed by atoms with Crippen molar-refractivity contribution in [3.63, 3.8) is 0 Å². The average Bonchev–Trinajstić information content (AvgIpc) is 2.85. The number of hydrogen-bond acceptors (Lipinski definition) is 0. The van der Waals surface area contributed by atoms with Crippen molar-refractivity contribution in [2.45, 2.75) is 101 Å².